The van der Waals surface area contributed by atoms with Crippen molar-refractivity contribution < 1.29 is 50.2 Å². The second-order valence-electron chi connectivity index (χ2n) is 18.8. The number of nitrogens with zero attached hydrogens (tertiary/aromatic N) is 3. The molecule has 3 aliphatic carbocycles. The summed E-state index contributed by atoms with van der Waals surface area (Å²) in [6.07, 6.45) is 0.0529. The lowest BCUT2D eigenvalue weighted by atomic mass is 9.85. The zero-order chi connectivity index (χ0) is 42.8. The van der Waals surface area contributed by atoms with Crippen LogP contribution in [-0.2, 0) is 35.6 Å². The van der Waals surface area contributed by atoms with Crippen LogP contribution in [0.1, 0.15) is 105 Å². The topological polar surface area (TPSA) is 186 Å². The van der Waals surface area contributed by atoms with Gasteiger partial charge in [0.1, 0.15) is 41.3 Å². The number of hydrogen-bond acceptors (Lipinski definition) is 10. The van der Waals surface area contributed by atoms with Crippen LogP contribution in [0.2, 0.25) is 0 Å². The molecule has 0 spiro atoms. The maximum absolute atomic E-state index is 14.9. The number of halogens is 3. The highest BCUT2D eigenvalue weighted by atomic mass is 32.2. The summed E-state index contributed by atoms with van der Waals surface area (Å²) < 4.78 is 82.4. The van der Waals surface area contributed by atoms with E-state index in [0.717, 1.165) is 25.7 Å². The Bertz CT molecular complexity index is 2110. The Morgan fingerprint density at radius 3 is 2.39 bits per heavy atom. The van der Waals surface area contributed by atoms with Gasteiger partial charge in [0.15, 0.2) is 0 Å². The van der Waals surface area contributed by atoms with Gasteiger partial charge in [0.25, 0.3) is 5.91 Å². The van der Waals surface area contributed by atoms with Gasteiger partial charge in [-0.1, -0.05) is 47.5 Å². The van der Waals surface area contributed by atoms with Gasteiger partial charge < -0.3 is 25.0 Å². The van der Waals surface area contributed by atoms with Gasteiger partial charge >= 0.3 is 6.09 Å². The number of carbonyl (C=O) groups excluding carboxylic acids is 4. The fourth-order valence-corrected chi connectivity index (χ4v) is 10.4. The van der Waals surface area contributed by atoms with Crippen LogP contribution < -0.4 is 20.1 Å². The molecule has 9 unspecified atom stereocenters. The van der Waals surface area contributed by atoms with Gasteiger partial charge in [-0.05, 0) is 87.7 Å². The number of nitrogens with one attached hydrogen (secondary N) is 3. The average Bonchev–Trinajstić information content (AvgIpc) is 4.02. The van der Waals surface area contributed by atoms with E-state index in [4.69, 9.17) is 14.5 Å². The molecule has 5 aliphatic rings. The summed E-state index contributed by atoms with van der Waals surface area (Å²) in [6, 6.07) is 1.34. The van der Waals surface area contributed by atoms with E-state index in [0.29, 0.717) is 36.4 Å². The number of carbonyl (C=O) groups is 4. The van der Waals surface area contributed by atoms with E-state index in [1.165, 1.54) is 30.0 Å². The molecule has 2 bridgehead atoms. The predicted octanol–water partition coefficient (Wildman–Crippen LogP) is 5.17. The monoisotopic (exact) mass is 848 g/mol. The van der Waals surface area contributed by atoms with E-state index in [9.17, 15) is 40.8 Å². The second-order valence-corrected chi connectivity index (χ2v) is 21.0. The molecule has 3 saturated carbocycles. The van der Waals surface area contributed by atoms with Crippen molar-refractivity contribution in [3.63, 3.8) is 0 Å². The number of alkyl halides is 2. The molecule has 4 amide bonds. The quantitative estimate of drug-likeness (QED) is 0.350. The zero-order valence-electron chi connectivity index (χ0n) is 34.4. The number of aryl methyl sites for hydroxylation is 1. The molecule has 7 rings (SSSR count). The van der Waals surface area contributed by atoms with E-state index in [-0.39, 0.29) is 42.8 Å². The molecule has 1 aromatic carbocycles. The number of hydrogen-bond donors (Lipinski definition) is 3. The molecule has 18 heteroatoms. The Kier molecular flexibility index (Phi) is 11.4. The van der Waals surface area contributed by atoms with Crippen LogP contribution in [0.5, 0.6) is 5.88 Å². The van der Waals surface area contributed by atoms with Crippen molar-refractivity contribution in [2.75, 3.05) is 6.54 Å². The Morgan fingerprint density at radius 2 is 1.73 bits per heavy atom. The fraction of sp³-hybridized carbons (Fsp3) is 0.707. The zero-order valence-corrected chi connectivity index (χ0v) is 35.2. The van der Waals surface area contributed by atoms with Crippen LogP contribution >= 0.6 is 0 Å². The molecule has 59 heavy (non-hydrogen) atoms. The molecule has 1 aromatic heterocycles. The van der Waals surface area contributed by atoms with Crippen molar-refractivity contribution in [3.8, 4) is 5.88 Å². The van der Waals surface area contributed by atoms with Crippen molar-refractivity contribution in [2.45, 2.75) is 147 Å². The highest BCUT2D eigenvalue weighted by molar-refractivity contribution is 7.91. The highest BCUT2D eigenvalue weighted by Crippen LogP contribution is 2.50. The number of aromatic nitrogens is 2. The van der Waals surface area contributed by atoms with E-state index in [2.05, 4.69) is 22.5 Å². The lowest BCUT2D eigenvalue weighted by molar-refractivity contribution is -0.143. The van der Waals surface area contributed by atoms with E-state index >= 15 is 0 Å². The lowest BCUT2D eigenvalue weighted by Crippen LogP contribution is -2.61. The normalized spacial score (nSPS) is 32.5. The standard InChI is InChI=1S/C41H55F3N6O8S/c1-21-12-15-29-24(21)10-8-7-9-11-27-35(46-28-18-23(42)13-14-26(28)45-27)57-30-20-50(36(52)32(39(3,4)5)47-38(54)58-29)31(22(30)2)34(51)48-41(19-25(41)33(43)44)37(53)49-59(55,56)40(6)16-17-40/h13-14,18,21-22,24-25,29-33H,7-12,15-17,19-20H2,1-6H3,(H,47,54)(H,48,51)(H,49,53). The summed E-state index contributed by atoms with van der Waals surface area (Å²) >= 11 is 0. The first kappa shape index (κ1) is 42.9. The van der Waals surface area contributed by atoms with Gasteiger partial charge in [0.2, 0.25) is 34.1 Å². The molecule has 2 aliphatic heterocycles. The van der Waals surface area contributed by atoms with Gasteiger partial charge in [-0.2, -0.15) is 0 Å². The first-order valence-electron chi connectivity index (χ1n) is 20.7. The molecule has 9 atom stereocenters. The first-order chi connectivity index (χ1) is 27.6. The molecule has 4 fully saturated rings. The fourth-order valence-electron chi connectivity index (χ4n) is 9.08. The minimum Gasteiger partial charge on any atom is -0.471 e. The number of amides is 4. The minimum absolute atomic E-state index is 0.0858. The van der Waals surface area contributed by atoms with Crippen molar-refractivity contribution in [3.05, 3.63) is 29.7 Å². The minimum atomic E-state index is -4.26. The van der Waals surface area contributed by atoms with Crippen LogP contribution in [0.25, 0.3) is 11.0 Å². The van der Waals surface area contributed by atoms with E-state index in [1.54, 1.807) is 27.7 Å². The summed E-state index contributed by atoms with van der Waals surface area (Å²) in [4.78, 5) is 67.3. The molecule has 3 heterocycles. The molecule has 3 N–H and O–H groups in total. The lowest BCUT2D eigenvalue weighted by Gasteiger charge is -2.36. The van der Waals surface area contributed by atoms with Gasteiger partial charge in [0.05, 0.1) is 28.2 Å². The van der Waals surface area contributed by atoms with Crippen LogP contribution in [-0.4, -0.2) is 94.6 Å². The van der Waals surface area contributed by atoms with Crippen molar-refractivity contribution in [1.29, 1.82) is 0 Å². The number of fused-ring (bicyclic) bond motifs is 5. The summed E-state index contributed by atoms with van der Waals surface area (Å²) in [5.74, 6) is -5.57. The van der Waals surface area contributed by atoms with Crippen molar-refractivity contribution in [2.24, 2.45) is 29.1 Å². The second kappa shape index (κ2) is 15.7. The highest BCUT2D eigenvalue weighted by Gasteiger charge is 2.67. The summed E-state index contributed by atoms with van der Waals surface area (Å²) in [7, 11) is -4.26. The molecular weight excluding hydrogens is 794 g/mol. The molecule has 324 valence electrons. The molecule has 1 saturated heterocycles. The number of alkyl carbamates (subject to hydrolysis) is 1. The van der Waals surface area contributed by atoms with Gasteiger partial charge in [-0.25, -0.2) is 36.4 Å². The number of sulfonamides is 1. The van der Waals surface area contributed by atoms with Crippen molar-refractivity contribution in [1.82, 2.24) is 30.2 Å². The molecular formula is C41H55F3N6O8S. The Balaban J connectivity index is 1.26. The molecule has 2 aromatic rings. The SMILES string of the molecule is CC1CCC2OC(=O)NC(C(C)(C)C)C(=O)N3CC(Oc4nc5cc(F)ccc5nc4CCCCCC12)C(C)C3C(=O)NC1(C(=O)NS(=O)(=O)C2(C)CC2)CC1C(F)F. The largest absolute Gasteiger partial charge is 0.471 e. The van der Waals surface area contributed by atoms with Crippen LogP contribution in [0.4, 0.5) is 18.0 Å². The van der Waals surface area contributed by atoms with Crippen LogP contribution in [0.15, 0.2) is 18.2 Å². The first-order valence-corrected chi connectivity index (χ1v) is 22.2. The van der Waals surface area contributed by atoms with E-state index in [1.807, 2.05) is 4.72 Å². The third-order valence-corrected chi connectivity index (χ3v) is 15.5. The third-order valence-electron chi connectivity index (χ3n) is 13.4. The Labute approximate surface area is 342 Å². The number of ether oxygens (including phenoxy) is 2. The predicted molar refractivity (Wildman–Crippen MR) is 209 cm³/mol. The van der Waals surface area contributed by atoms with E-state index < -0.39 is 98.2 Å². The summed E-state index contributed by atoms with van der Waals surface area (Å²) in [6.45, 7) is 10.2. The number of benzene rings is 1. The maximum atomic E-state index is 14.9. The molecule has 14 nitrogen and oxygen atoms in total. The maximum Gasteiger partial charge on any atom is 0.408 e. The number of rotatable bonds is 6. The third kappa shape index (κ3) is 8.43. The van der Waals surface area contributed by atoms with Crippen molar-refractivity contribution >= 4 is 44.9 Å². The van der Waals surface area contributed by atoms with Gasteiger partial charge in [-0.3, -0.25) is 19.1 Å². The smallest absolute Gasteiger partial charge is 0.408 e. The van der Waals surface area contributed by atoms with Crippen LogP contribution in [0.3, 0.4) is 0 Å². The Morgan fingerprint density at radius 1 is 1.00 bits per heavy atom. The Hall–Kier alpha value is -4.22. The summed E-state index contributed by atoms with van der Waals surface area (Å²) in [5, 5.41) is 5.23. The van der Waals surface area contributed by atoms with Gasteiger partial charge in [0, 0.05) is 12.0 Å². The molecule has 0 radical (unpaired) electrons. The average molecular weight is 849 g/mol. The summed E-state index contributed by atoms with van der Waals surface area (Å²) in [5.41, 5.74) is -2.03. The van der Waals surface area contributed by atoms with Crippen LogP contribution in [0, 0.1) is 34.9 Å². The van der Waals surface area contributed by atoms with Gasteiger partial charge in [-0.15, -0.1) is 0 Å².